The van der Waals surface area contributed by atoms with Crippen molar-refractivity contribution in [3.05, 3.63) is 59.3 Å². The maximum absolute atomic E-state index is 12.1. The Kier molecular flexibility index (Phi) is 6.51. The summed E-state index contributed by atoms with van der Waals surface area (Å²) < 4.78 is 0. The van der Waals surface area contributed by atoms with Gasteiger partial charge < -0.3 is 15.5 Å². The molecule has 1 heterocycles. The molecule has 1 aromatic heterocycles. The first-order valence-corrected chi connectivity index (χ1v) is 8.21. The number of nitrogens with zero attached hydrogens (tertiary/aromatic N) is 2. The zero-order chi connectivity index (χ0) is 18.2. The van der Waals surface area contributed by atoms with Gasteiger partial charge in [-0.3, -0.25) is 4.79 Å². The highest BCUT2D eigenvalue weighted by atomic mass is 16.2. The molecule has 0 saturated carbocycles. The quantitative estimate of drug-likeness (QED) is 0.849. The summed E-state index contributed by atoms with van der Waals surface area (Å²) in [5, 5.41) is 5.46. The number of aromatic nitrogens is 1. The number of rotatable bonds is 6. The van der Waals surface area contributed by atoms with E-state index in [2.05, 4.69) is 15.6 Å². The van der Waals surface area contributed by atoms with Gasteiger partial charge in [-0.25, -0.2) is 9.78 Å². The predicted molar refractivity (Wildman–Crippen MR) is 98.3 cm³/mol. The van der Waals surface area contributed by atoms with Crippen molar-refractivity contribution in [2.75, 3.05) is 18.9 Å². The van der Waals surface area contributed by atoms with Gasteiger partial charge in [-0.05, 0) is 36.6 Å². The van der Waals surface area contributed by atoms with Crippen LogP contribution >= 0.6 is 0 Å². The van der Waals surface area contributed by atoms with Crippen LogP contribution in [0.15, 0.2) is 42.6 Å². The summed E-state index contributed by atoms with van der Waals surface area (Å²) in [5.41, 5.74) is 3.28. The van der Waals surface area contributed by atoms with Crippen molar-refractivity contribution in [2.24, 2.45) is 0 Å². The van der Waals surface area contributed by atoms with Crippen LogP contribution in [0, 0.1) is 13.8 Å². The van der Waals surface area contributed by atoms with Gasteiger partial charge in [0.2, 0.25) is 5.91 Å². The van der Waals surface area contributed by atoms with Crippen LogP contribution < -0.4 is 10.6 Å². The molecule has 3 amide bonds. The van der Waals surface area contributed by atoms with Gasteiger partial charge in [0.1, 0.15) is 5.82 Å². The average Bonchev–Trinajstić information content (AvgIpc) is 2.59. The fourth-order valence-electron chi connectivity index (χ4n) is 2.28. The maximum Gasteiger partial charge on any atom is 0.317 e. The van der Waals surface area contributed by atoms with Crippen LogP contribution in [0.1, 0.15) is 23.1 Å². The highest BCUT2D eigenvalue weighted by molar-refractivity contribution is 5.90. The second-order valence-electron chi connectivity index (χ2n) is 6.03. The lowest BCUT2D eigenvalue weighted by atomic mass is 10.1. The van der Waals surface area contributed by atoms with Crippen molar-refractivity contribution in [1.82, 2.24) is 15.2 Å². The van der Waals surface area contributed by atoms with Crippen molar-refractivity contribution in [3.8, 4) is 0 Å². The average molecular weight is 340 g/mol. The third-order valence-electron chi connectivity index (χ3n) is 3.82. The van der Waals surface area contributed by atoms with Gasteiger partial charge in [0, 0.05) is 32.8 Å². The van der Waals surface area contributed by atoms with E-state index in [4.69, 9.17) is 0 Å². The van der Waals surface area contributed by atoms with Crippen LogP contribution in [0.2, 0.25) is 0 Å². The lowest BCUT2D eigenvalue weighted by Gasteiger charge is -2.19. The summed E-state index contributed by atoms with van der Waals surface area (Å²) in [4.78, 5) is 29.7. The van der Waals surface area contributed by atoms with Gasteiger partial charge in [-0.15, -0.1) is 0 Å². The summed E-state index contributed by atoms with van der Waals surface area (Å²) in [7, 11) is 1.73. The molecule has 1 aromatic carbocycles. The zero-order valence-electron chi connectivity index (χ0n) is 14.9. The van der Waals surface area contributed by atoms with Crippen LogP contribution in [-0.4, -0.2) is 35.4 Å². The summed E-state index contributed by atoms with van der Waals surface area (Å²) in [6.07, 6.45) is 1.89. The van der Waals surface area contributed by atoms with Gasteiger partial charge >= 0.3 is 6.03 Å². The van der Waals surface area contributed by atoms with E-state index in [1.54, 1.807) is 24.2 Å². The first-order chi connectivity index (χ1) is 12.0. The molecule has 0 aliphatic carbocycles. The van der Waals surface area contributed by atoms with Crippen LogP contribution in [0.4, 0.5) is 10.6 Å². The van der Waals surface area contributed by atoms with Gasteiger partial charge in [0.15, 0.2) is 0 Å². The van der Waals surface area contributed by atoms with Crippen molar-refractivity contribution < 1.29 is 9.59 Å². The fourth-order valence-corrected chi connectivity index (χ4v) is 2.28. The standard InChI is InChI=1S/C19H24N4O2/c1-14-8-9-17(21-12-14)22-18(24)10-11-20-19(25)23(3)13-16-7-5-4-6-15(16)2/h4-9,12H,10-11,13H2,1-3H3,(H,20,25)(H,21,22,24). The van der Waals surface area contributed by atoms with Crippen molar-refractivity contribution in [1.29, 1.82) is 0 Å². The normalized spacial score (nSPS) is 10.2. The molecule has 0 spiro atoms. The number of carbonyl (C=O) groups is 2. The van der Waals surface area contributed by atoms with E-state index >= 15 is 0 Å². The Bertz CT molecular complexity index is 728. The molecule has 0 aliphatic heterocycles. The molecule has 132 valence electrons. The van der Waals surface area contributed by atoms with Gasteiger partial charge in [-0.2, -0.15) is 0 Å². The SMILES string of the molecule is Cc1ccc(NC(=O)CCNC(=O)N(C)Cc2ccccc2C)nc1. The summed E-state index contributed by atoms with van der Waals surface area (Å²) in [6.45, 7) is 4.75. The number of anilines is 1. The number of nitrogens with one attached hydrogen (secondary N) is 2. The number of carbonyl (C=O) groups excluding carboxylic acids is 2. The first kappa shape index (κ1) is 18.4. The van der Waals surface area contributed by atoms with E-state index in [1.807, 2.05) is 44.2 Å². The monoisotopic (exact) mass is 340 g/mol. The number of benzene rings is 1. The van der Waals surface area contributed by atoms with E-state index < -0.39 is 0 Å². The van der Waals surface area contributed by atoms with Gasteiger partial charge in [0.25, 0.3) is 0 Å². The van der Waals surface area contributed by atoms with Crippen LogP contribution in [0.25, 0.3) is 0 Å². The molecule has 0 fully saturated rings. The Morgan fingerprint density at radius 2 is 1.88 bits per heavy atom. The molecule has 0 aliphatic rings. The van der Waals surface area contributed by atoms with Crippen molar-refractivity contribution in [3.63, 3.8) is 0 Å². The Morgan fingerprint density at radius 1 is 1.12 bits per heavy atom. The molecule has 6 heteroatoms. The highest BCUT2D eigenvalue weighted by Crippen LogP contribution is 2.09. The van der Waals surface area contributed by atoms with E-state index in [1.165, 1.54) is 0 Å². The van der Waals surface area contributed by atoms with E-state index in [0.29, 0.717) is 12.4 Å². The summed E-state index contributed by atoms with van der Waals surface area (Å²) in [5.74, 6) is 0.330. The van der Waals surface area contributed by atoms with Crippen LogP contribution in [-0.2, 0) is 11.3 Å². The number of urea groups is 1. The Labute approximate surface area is 148 Å². The van der Waals surface area contributed by atoms with Crippen molar-refractivity contribution in [2.45, 2.75) is 26.8 Å². The van der Waals surface area contributed by atoms with E-state index in [-0.39, 0.29) is 24.9 Å². The molecular formula is C19H24N4O2. The second kappa shape index (κ2) is 8.82. The largest absolute Gasteiger partial charge is 0.337 e. The smallest absolute Gasteiger partial charge is 0.317 e. The molecule has 0 unspecified atom stereocenters. The molecule has 0 atom stereocenters. The predicted octanol–water partition coefficient (Wildman–Crippen LogP) is 2.87. The summed E-state index contributed by atoms with van der Waals surface area (Å²) in [6, 6.07) is 11.4. The number of hydrogen-bond donors (Lipinski definition) is 2. The third-order valence-corrected chi connectivity index (χ3v) is 3.82. The van der Waals surface area contributed by atoms with Crippen molar-refractivity contribution >= 4 is 17.8 Å². The van der Waals surface area contributed by atoms with Gasteiger partial charge in [-0.1, -0.05) is 30.3 Å². The van der Waals surface area contributed by atoms with E-state index in [0.717, 1.165) is 16.7 Å². The minimum absolute atomic E-state index is 0.182. The van der Waals surface area contributed by atoms with Gasteiger partial charge in [0.05, 0.1) is 0 Å². The molecule has 0 bridgehead atoms. The number of amides is 3. The molecule has 6 nitrogen and oxygen atoms in total. The molecular weight excluding hydrogens is 316 g/mol. The second-order valence-corrected chi connectivity index (χ2v) is 6.03. The molecule has 0 radical (unpaired) electrons. The van der Waals surface area contributed by atoms with Crippen LogP contribution in [0.3, 0.4) is 0 Å². The Hall–Kier alpha value is -2.89. The minimum atomic E-state index is -0.204. The zero-order valence-corrected chi connectivity index (χ0v) is 14.9. The fraction of sp³-hybridized carbons (Fsp3) is 0.316. The number of pyridine rings is 1. The molecule has 0 saturated heterocycles. The lowest BCUT2D eigenvalue weighted by Crippen LogP contribution is -2.38. The molecule has 2 N–H and O–H groups in total. The maximum atomic E-state index is 12.1. The Balaban J connectivity index is 1.73. The first-order valence-electron chi connectivity index (χ1n) is 8.21. The molecule has 2 aromatic rings. The highest BCUT2D eigenvalue weighted by Gasteiger charge is 2.10. The number of hydrogen-bond acceptors (Lipinski definition) is 3. The Morgan fingerprint density at radius 3 is 2.56 bits per heavy atom. The van der Waals surface area contributed by atoms with E-state index in [9.17, 15) is 9.59 Å². The molecule has 25 heavy (non-hydrogen) atoms. The summed E-state index contributed by atoms with van der Waals surface area (Å²) >= 11 is 0. The lowest BCUT2D eigenvalue weighted by molar-refractivity contribution is -0.116. The molecule has 2 rings (SSSR count). The topological polar surface area (TPSA) is 74.3 Å². The minimum Gasteiger partial charge on any atom is -0.337 e. The third kappa shape index (κ3) is 5.91. The van der Waals surface area contributed by atoms with Crippen LogP contribution in [0.5, 0.6) is 0 Å². The number of aryl methyl sites for hydroxylation is 2.